The van der Waals surface area contributed by atoms with Crippen LogP contribution >= 0.6 is 0 Å². The number of amides is 1. The van der Waals surface area contributed by atoms with Crippen LogP contribution in [0.2, 0.25) is 0 Å². The lowest BCUT2D eigenvalue weighted by atomic mass is 10.0. The van der Waals surface area contributed by atoms with Gasteiger partial charge in [0.05, 0.1) is 0 Å². The second kappa shape index (κ2) is 19.6. The number of aromatic hydroxyl groups is 1. The van der Waals surface area contributed by atoms with Crippen molar-refractivity contribution < 1.29 is 19.4 Å². The van der Waals surface area contributed by atoms with Crippen molar-refractivity contribution in [1.29, 1.82) is 0 Å². The molecule has 1 amide bonds. The van der Waals surface area contributed by atoms with Gasteiger partial charge < -0.3 is 20.1 Å². The molecule has 0 bridgehead atoms. The number of rotatable bonds is 22. The average Bonchev–Trinajstić information content (AvgIpc) is 3.31. The molecule has 0 aliphatic heterocycles. The lowest BCUT2D eigenvalue weighted by molar-refractivity contribution is -0.132. The molecule has 2 rings (SSSR count). The van der Waals surface area contributed by atoms with E-state index in [2.05, 4.69) is 17.2 Å². The molecule has 0 aliphatic rings. The van der Waals surface area contributed by atoms with Gasteiger partial charge in [-0.25, -0.2) is 0 Å². The number of hydrogen-bond acceptors (Lipinski definition) is 4. The number of unbranched alkanes of at least 4 members (excludes halogenated alkanes) is 16. The van der Waals surface area contributed by atoms with E-state index < -0.39 is 5.97 Å². The van der Waals surface area contributed by atoms with Gasteiger partial charge in [-0.3, -0.25) is 9.59 Å². The van der Waals surface area contributed by atoms with Gasteiger partial charge >= 0.3 is 5.97 Å². The Labute approximate surface area is 230 Å². The summed E-state index contributed by atoms with van der Waals surface area (Å²) in [5.41, 5.74) is 1.65. The first-order valence-electron chi connectivity index (χ1n) is 15.3. The van der Waals surface area contributed by atoms with Crippen LogP contribution in [0.15, 0.2) is 18.3 Å². The quantitative estimate of drug-likeness (QED) is 0.0811. The highest BCUT2D eigenvalue weighted by Crippen LogP contribution is 2.36. The van der Waals surface area contributed by atoms with Crippen molar-refractivity contribution >= 4 is 22.8 Å². The first kappa shape index (κ1) is 31.7. The third-order valence-corrected chi connectivity index (χ3v) is 7.34. The Kier molecular flexibility index (Phi) is 16.3. The van der Waals surface area contributed by atoms with Crippen LogP contribution in [-0.2, 0) is 16.0 Å². The van der Waals surface area contributed by atoms with E-state index in [0.29, 0.717) is 24.8 Å². The molecule has 38 heavy (non-hydrogen) atoms. The van der Waals surface area contributed by atoms with Crippen LogP contribution in [0, 0.1) is 0 Å². The van der Waals surface area contributed by atoms with Gasteiger partial charge in [-0.05, 0) is 30.5 Å². The van der Waals surface area contributed by atoms with Gasteiger partial charge in [-0.1, -0.05) is 110 Å². The Bertz CT molecular complexity index is 937. The first-order chi connectivity index (χ1) is 18.5. The van der Waals surface area contributed by atoms with Crippen molar-refractivity contribution in [1.82, 2.24) is 10.3 Å². The number of hydrogen-bond donors (Lipinski definition) is 3. The first-order valence-corrected chi connectivity index (χ1v) is 15.3. The minimum atomic E-state index is -0.478. The Balaban J connectivity index is 1.44. The largest absolute Gasteiger partial charge is 0.504 e. The summed E-state index contributed by atoms with van der Waals surface area (Å²) in [6.07, 6.45) is 25.6. The van der Waals surface area contributed by atoms with E-state index in [1.54, 1.807) is 12.1 Å². The molecule has 1 aromatic carbocycles. The number of aromatic nitrogens is 1. The number of phenols is 1. The fourth-order valence-corrected chi connectivity index (χ4v) is 5.12. The highest BCUT2D eigenvalue weighted by molar-refractivity contribution is 5.92. The molecule has 2 aromatic rings. The molecular formula is C32H52N2O4. The highest BCUT2D eigenvalue weighted by Gasteiger charge is 2.14. The van der Waals surface area contributed by atoms with Crippen LogP contribution in [0.5, 0.6) is 11.5 Å². The Morgan fingerprint density at radius 3 is 1.87 bits per heavy atom. The summed E-state index contributed by atoms with van der Waals surface area (Å²) >= 11 is 0. The molecule has 3 N–H and O–H groups in total. The van der Waals surface area contributed by atoms with E-state index >= 15 is 0 Å². The SMILES string of the molecule is CCCCCCCCCCCCCCCCCCCC(=O)NCCc1c[nH]c2ccc(OC(C)=O)c(O)c12. The Hall–Kier alpha value is -2.50. The summed E-state index contributed by atoms with van der Waals surface area (Å²) < 4.78 is 5.07. The van der Waals surface area contributed by atoms with Gasteiger partial charge in [0.15, 0.2) is 11.5 Å². The van der Waals surface area contributed by atoms with E-state index in [4.69, 9.17) is 4.74 Å². The maximum atomic E-state index is 12.2. The zero-order valence-electron chi connectivity index (χ0n) is 24.0. The molecule has 0 unspecified atom stereocenters. The van der Waals surface area contributed by atoms with Crippen LogP contribution < -0.4 is 10.1 Å². The number of fused-ring (bicyclic) bond motifs is 1. The maximum Gasteiger partial charge on any atom is 0.308 e. The van der Waals surface area contributed by atoms with E-state index in [1.807, 2.05) is 6.20 Å². The molecule has 0 saturated carbocycles. The van der Waals surface area contributed by atoms with Crippen LogP contribution in [0.4, 0.5) is 0 Å². The lowest BCUT2D eigenvalue weighted by Gasteiger charge is -2.08. The molecule has 1 aromatic heterocycles. The van der Waals surface area contributed by atoms with Crippen molar-refractivity contribution in [2.24, 2.45) is 0 Å². The minimum absolute atomic E-state index is 0.0521. The van der Waals surface area contributed by atoms with Crippen molar-refractivity contribution in [3.8, 4) is 11.5 Å². The zero-order valence-corrected chi connectivity index (χ0v) is 24.0. The van der Waals surface area contributed by atoms with Crippen LogP contribution in [-0.4, -0.2) is 28.5 Å². The van der Waals surface area contributed by atoms with E-state index in [1.165, 1.54) is 103 Å². The number of H-pyrrole nitrogens is 1. The number of phenolic OH excluding ortho intramolecular Hbond substituents is 1. The van der Waals surface area contributed by atoms with Gasteiger partial charge in [0.2, 0.25) is 5.91 Å². The monoisotopic (exact) mass is 528 g/mol. The van der Waals surface area contributed by atoms with E-state index in [-0.39, 0.29) is 17.4 Å². The van der Waals surface area contributed by atoms with Crippen LogP contribution in [0.25, 0.3) is 10.9 Å². The number of esters is 1. The Morgan fingerprint density at radius 1 is 0.816 bits per heavy atom. The van der Waals surface area contributed by atoms with E-state index in [0.717, 1.165) is 23.9 Å². The topological polar surface area (TPSA) is 91.4 Å². The highest BCUT2D eigenvalue weighted by atomic mass is 16.5. The third kappa shape index (κ3) is 12.8. The number of aromatic amines is 1. The predicted octanol–water partition coefficient (Wildman–Crippen LogP) is 8.50. The Morgan fingerprint density at radius 2 is 1.34 bits per heavy atom. The summed E-state index contributed by atoms with van der Waals surface area (Å²) in [7, 11) is 0. The molecular weight excluding hydrogens is 476 g/mol. The van der Waals surface area contributed by atoms with Crippen LogP contribution in [0.1, 0.15) is 135 Å². The fraction of sp³-hybridized carbons (Fsp3) is 0.688. The smallest absolute Gasteiger partial charge is 0.308 e. The normalized spacial score (nSPS) is 11.2. The zero-order chi connectivity index (χ0) is 27.4. The molecule has 6 nitrogen and oxygen atoms in total. The summed E-state index contributed by atoms with van der Waals surface area (Å²) in [4.78, 5) is 26.6. The number of ether oxygens (including phenoxy) is 1. The molecule has 0 fully saturated rings. The van der Waals surface area contributed by atoms with E-state index in [9.17, 15) is 14.7 Å². The van der Waals surface area contributed by atoms with Gasteiger partial charge in [0.1, 0.15) is 0 Å². The summed E-state index contributed by atoms with van der Waals surface area (Å²) in [5, 5.41) is 14.1. The second-order valence-electron chi connectivity index (χ2n) is 10.7. The number of carbonyl (C=O) groups excluding carboxylic acids is 2. The number of benzene rings is 1. The lowest BCUT2D eigenvalue weighted by Crippen LogP contribution is -2.25. The predicted molar refractivity (Wildman–Crippen MR) is 157 cm³/mol. The van der Waals surface area contributed by atoms with Gasteiger partial charge in [0, 0.05) is 37.0 Å². The van der Waals surface area contributed by atoms with Crippen molar-refractivity contribution in [2.45, 2.75) is 136 Å². The molecule has 0 spiro atoms. The number of nitrogens with one attached hydrogen (secondary N) is 2. The van der Waals surface area contributed by atoms with Crippen molar-refractivity contribution in [3.05, 3.63) is 23.9 Å². The fourth-order valence-electron chi connectivity index (χ4n) is 5.12. The average molecular weight is 529 g/mol. The second-order valence-corrected chi connectivity index (χ2v) is 10.7. The van der Waals surface area contributed by atoms with Crippen molar-refractivity contribution in [3.63, 3.8) is 0 Å². The van der Waals surface area contributed by atoms with Crippen molar-refractivity contribution in [2.75, 3.05) is 6.54 Å². The summed E-state index contributed by atoms with van der Waals surface area (Å²) in [6, 6.07) is 3.34. The standard InChI is InChI=1S/C32H52N2O4/c1-3-4-5-6-7-8-9-10-11-12-13-14-15-16-17-18-19-20-30(36)33-24-23-27-25-34-28-21-22-29(38-26(2)35)32(37)31(27)28/h21-22,25,34,37H,3-20,23-24H2,1-2H3,(H,33,36). The molecule has 0 aliphatic carbocycles. The molecule has 1 heterocycles. The van der Waals surface area contributed by atoms with Crippen LogP contribution in [0.3, 0.4) is 0 Å². The van der Waals surface area contributed by atoms with Gasteiger partial charge in [-0.15, -0.1) is 0 Å². The molecule has 214 valence electrons. The molecule has 0 atom stereocenters. The molecule has 0 radical (unpaired) electrons. The van der Waals surface area contributed by atoms with Gasteiger partial charge in [0.25, 0.3) is 0 Å². The summed E-state index contributed by atoms with van der Waals surface area (Å²) in [6.45, 7) is 4.08. The number of carbonyl (C=O) groups is 2. The summed E-state index contributed by atoms with van der Waals surface area (Å²) in [5.74, 6) is -0.304. The minimum Gasteiger partial charge on any atom is -0.504 e. The molecule has 6 heteroatoms. The molecule has 0 saturated heterocycles. The maximum absolute atomic E-state index is 12.2. The third-order valence-electron chi connectivity index (χ3n) is 7.34. The van der Waals surface area contributed by atoms with Gasteiger partial charge in [-0.2, -0.15) is 0 Å².